The number of hydrogen-bond acceptors (Lipinski definition) is 5. The zero-order chi connectivity index (χ0) is 36.4. The topological polar surface area (TPSA) is 87.5 Å². The van der Waals surface area contributed by atoms with Gasteiger partial charge in [-0.3, -0.25) is 4.79 Å². The molecule has 2 heterocycles. The maximum absolute atomic E-state index is 12.6. The van der Waals surface area contributed by atoms with E-state index in [9.17, 15) is 13.2 Å². The number of anilines is 2. The molecule has 1 aliphatic heterocycles. The summed E-state index contributed by atoms with van der Waals surface area (Å²) in [5.41, 5.74) is 7.01. The Bertz CT molecular complexity index is 2160. The minimum Gasteiger partial charge on any atom is -0.375 e. The summed E-state index contributed by atoms with van der Waals surface area (Å²) in [7, 11) is -1.77. The minimum absolute atomic E-state index is 0.278. The normalized spacial score (nSPS) is 16.5. The molecular weight excluding hydrogens is 713 g/mol. The molecule has 2 fully saturated rings. The van der Waals surface area contributed by atoms with Gasteiger partial charge in [-0.2, -0.15) is 8.42 Å². The van der Waals surface area contributed by atoms with Crippen molar-refractivity contribution in [1.29, 1.82) is 0 Å². The van der Waals surface area contributed by atoms with Crippen LogP contribution in [-0.2, 0) is 21.4 Å². The number of imidazole rings is 1. The van der Waals surface area contributed by atoms with E-state index in [4.69, 9.17) is 28.2 Å². The first-order chi connectivity index (χ1) is 25.0. The van der Waals surface area contributed by atoms with Gasteiger partial charge in [-0.15, -0.1) is 0 Å². The highest BCUT2D eigenvalue weighted by Gasteiger charge is 2.34. The van der Waals surface area contributed by atoms with Crippen molar-refractivity contribution in [2.24, 2.45) is 11.8 Å². The van der Waals surface area contributed by atoms with E-state index in [0.29, 0.717) is 33.5 Å². The molecule has 1 atom stereocenters. The van der Waals surface area contributed by atoms with Crippen LogP contribution in [0, 0.1) is 11.8 Å². The molecule has 270 valence electrons. The second-order valence-electron chi connectivity index (χ2n) is 14.1. The molecule has 52 heavy (non-hydrogen) atoms. The quantitative estimate of drug-likeness (QED) is 0.145. The fraction of sp³-hybridized carbons (Fsp3) is 0.317. The lowest BCUT2D eigenvalue weighted by Crippen LogP contribution is -2.29. The van der Waals surface area contributed by atoms with Crippen molar-refractivity contribution >= 4 is 50.7 Å². The number of halogens is 2. The van der Waals surface area contributed by atoms with E-state index in [1.807, 2.05) is 27.6 Å². The van der Waals surface area contributed by atoms with Crippen LogP contribution < -0.4 is 13.9 Å². The van der Waals surface area contributed by atoms with E-state index in [2.05, 4.69) is 67.4 Å². The Morgan fingerprint density at radius 3 is 2.27 bits per heavy atom. The average molecular weight is 757 g/mol. The molecule has 0 radical (unpaired) electrons. The van der Waals surface area contributed by atoms with Crippen molar-refractivity contribution in [3.63, 3.8) is 0 Å². The van der Waals surface area contributed by atoms with Crippen LogP contribution in [0.25, 0.3) is 28.1 Å². The summed E-state index contributed by atoms with van der Waals surface area (Å²) in [6.07, 6.45) is 10.6. The molecule has 7 rings (SSSR count). The lowest BCUT2D eigenvalue weighted by molar-refractivity contribution is -0.117. The van der Waals surface area contributed by atoms with Crippen molar-refractivity contribution < 1.29 is 13.2 Å². The van der Waals surface area contributed by atoms with Crippen molar-refractivity contribution in [1.82, 2.24) is 14.3 Å². The van der Waals surface area contributed by atoms with E-state index in [-0.39, 0.29) is 6.54 Å². The van der Waals surface area contributed by atoms with E-state index in [0.717, 1.165) is 50.8 Å². The molecule has 1 saturated heterocycles. The van der Waals surface area contributed by atoms with Crippen molar-refractivity contribution in [2.75, 3.05) is 29.3 Å². The molecule has 0 spiro atoms. The maximum atomic E-state index is 12.6. The minimum atomic E-state index is -3.96. The molecule has 0 unspecified atom stereocenters. The zero-order valence-electron chi connectivity index (χ0n) is 29.4. The van der Waals surface area contributed by atoms with Gasteiger partial charge in [0.05, 0.1) is 16.4 Å². The first kappa shape index (κ1) is 36.1. The predicted molar refractivity (Wildman–Crippen MR) is 212 cm³/mol. The summed E-state index contributed by atoms with van der Waals surface area (Å²) in [4.78, 5) is 19.3. The van der Waals surface area contributed by atoms with Crippen molar-refractivity contribution in [2.45, 2.75) is 51.9 Å². The summed E-state index contributed by atoms with van der Waals surface area (Å²) >= 11 is 12.8. The number of carbonyl (C=O) groups excluding carboxylic acids is 1. The molecule has 0 bridgehead atoms. The van der Waals surface area contributed by atoms with Crippen LogP contribution in [0.15, 0.2) is 97.2 Å². The monoisotopic (exact) mass is 755 g/mol. The summed E-state index contributed by atoms with van der Waals surface area (Å²) in [6, 6.07) is 29.6. The first-order valence-corrected chi connectivity index (χ1v) is 20.1. The SMILES string of the molecule is C[C@@H](CCN(C)c1ccc(-c2ccc(Cc3nc(-c4ccc(Cl)cc4Cl)cn3-c3cccc(N4CC(=O)NS4(=O)=O)c3)cc2)cc1)C1CCCCC1. The first-order valence-electron chi connectivity index (χ1n) is 17.9. The Labute approximate surface area is 316 Å². The van der Waals surface area contributed by atoms with Gasteiger partial charge in [-0.25, -0.2) is 14.0 Å². The summed E-state index contributed by atoms with van der Waals surface area (Å²) < 4.78 is 30.2. The van der Waals surface area contributed by atoms with Gasteiger partial charge in [0.25, 0.3) is 5.91 Å². The highest BCUT2D eigenvalue weighted by Crippen LogP contribution is 2.34. The molecule has 1 amide bonds. The maximum Gasteiger partial charge on any atom is 0.326 e. The van der Waals surface area contributed by atoms with Gasteiger partial charge < -0.3 is 9.47 Å². The second-order valence-corrected chi connectivity index (χ2v) is 16.5. The van der Waals surface area contributed by atoms with E-state index in [1.165, 1.54) is 44.2 Å². The van der Waals surface area contributed by atoms with Crippen LogP contribution in [0.5, 0.6) is 0 Å². The fourth-order valence-electron chi connectivity index (χ4n) is 7.44. The summed E-state index contributed by atoms with van der Waals surface area (Å²) in [5, 5.41) is 0.998. The standard InChI is InChI=1S/C41H43Cl2N5O3S/c1-28(30-7-4-3-5-8-30)21-22-46(2)34-18-15-32(16-19-34)31-13-11-29(12-14-31)23-40-44-39(37-20-17-33(42)24-38(37)43)26-47(40)35-9-6-10-36(25-35)48-27-41(49)45-52(48,50)51/h6,9-20,24-26,28,30H,3-5,7-8,21-23,27H2,1-2H3,(H,45,49)/t28-/m0/s1. The lowest BCUT2D eigenvalue weighted by Gasteiger charge is -2.29. The van der Waals surface area contributed by atoms with Crippen LogP contribution in [0.1, 0.15) is 56.8 Å². The largest absolute Gasteiger partial charge is 0.375 e. The number of amides is 1. The number of hydrogen-bond donors (Lipinski definition) is 1. The van der Waals surface area contributed by atoms with E-state index < -0.39 is 16.1 Å². The van der Waals surface area contributed by atoms with Gasteiger partial charge in [-0.05, 0) is 83.5 Å². The average Bonchev–Trinajstić information content (AvgIpc) is 3.69. The second kappa shape index (κ2) is 15.3. The molecule has 2 aliphatic rings. The van der Waals surface area contributed by atoms with Crippen LogP contribution in [0.3, 0.4) is 0 Å². The van der Waals surface area contributed by atoms with E-state index in [1.54, 1.807) is 30.3 Å². The molecule has 1 saturated carbocycles. The fourth-order valence-corrected chi connectivity index (χ4v) is 9.09. The number of carbonyl (C=O) groups is 1. The third-order valence-electron chi connectivity index (χ3n) is 10.5. The number of rotatable bonds is 11. The molecule has 1 N–H and O–H groups in total. The summed E-state index contributed by atoms with van der Waals surface area (Å²) in [6.45, 7) is 3.22. The zero-order valence-corrected chi connectivity index (χ0v) is 31.8. The molecule has 1 aromatic heterocycles. The van der Waals surface area contributed by atoms with Crippen LogP contribution in [0.2, 0.25) is 10.0 Å². The Kier molecular flexibility index (Phi) is 10.6. The summed E-state index contributed by atoms with van der Waals surface area (Å²) in [5.74, 6) is 1.81. The van der Waals surface area contributed by atoms with Gasteiger partial charge in [0.1, 0.15) is 12.4 Å². The van der Waals surface area contributed by atoms with E-state index >= 15 is 0 Å². The number of nitrogens with one attached hydrogen (secondary N) is 1. The number of aromatic nitrogens is 2. The van der Waals surface area contributed by atoms with Gasteiger partial charge in [0.15, 0.2) is 0 Å². The third-order valence-corrected chi connectivity index (χ3v) is 12.5. The molecule has 4 aromatic carbocycles. The lowest BCUT2D eigenvalue weighted by atomic mass is 9.79. The van der Waals surface area contributed by atoms with Crippen molar-refractivity contribution in [3.8, 4) is 28.1 Å². The van der Waals surface area contributed by atoms with Crippen LogP contribution in [0.4, 0.5) is 11.4 Å². The Balaban J connectivity index is 1.10. The van der Waals surface area contributed by atoms with Gasteiger partial charge in [0.2, 0.25) is 0 Å². The number of nitrogens with zero attached hydrogens (tertiary/aromatic N) is 4. The van der Waals surface area contributed by atoms with Gasteiger partial charge in [0, 0.05) is 48.2 Å². The van der Waals surface area contributed by atoms with Crippen LogP contribution in [-0.4, -0.2) is 44.0 Å². The predicted octanol–water partition coefficient (Wildman–Crippen LogP) is 9.33. The Morgan fingerprint density at radius 1 is 0.904 bits per heavy atom. The Morgan fingerprint density at radius 2 is 1.60 bits per heavy atom. The van der Waals surface area contributed by atoms with Gasteiger partial charge in [-0.1, -0.05) is 105 Å². The van der Waals surface area contributed by atoms with Gasteiger partial charge >= 0.3 is 10.2 Å². The smallest absolute Gasteiger partial charge is 0.326 e. The third kappa shape index (κ3) is 8.02. The van der Waals surface area contributed by atoms with Crippen LogP contribution >= 0.6 is 23.2 Å². The molecule has 5 aromatic rings. The Hall–Kier alpha value is -4.31. The molecule has 11 heteroatoms. The molecular formula is C41H43Cl2N5O3S. The molecule has 1 aliphatic carbocycles. The highest BCUT2D eigenvalue weighted by atomic mass is 35.5. The van der Waals surface area contributed by atoms with Crippen molar-refractivity contribution in [3.05, 3.63) is 119 Å². The highest BCUT2D eigenvalue weighted by molar-refractivity contribution is 7.92. The molecule has 8 nitrogen and oxygen atoms in total. The number of benzene rings is 4.